The summed E-state index contributed by atoms with van der Waals surface area (Å²) in [6, 6.07) is 4.57. The number of aliphatic carboxylic acids is 1. The zero-order valence-electron chi connectivity index (χ0n) is 21.5. The van der Waals surface area contributed by atoms with E-state index in [1.807, 2.05) is 13.8 Å². The van der Waals surface area contributed by atoms with Crippen molar-refractivity contribution in [2.45, 2.75) is 57.6 Å². The number of anilines is 1. The fraction of sp³-hybridized carbons (Fsp3) is 0.480. The molecule has 2 unspecified atom stereocenters. The van der Waals surface area contributed by atoms with Crippen LogP contribution in [-0.2, 0) is 14.3 Å². The van der Waals surface area contributed by atoms with Crippen molar-refractivity contribution in [1.29, 1.82) is 0 Å². The minimum atomic E-state index is -0.995. The van der Waals surface area contributed by atoms with Gasteiger partial charge in [0.1, 0.15) is 23.4 Å². The van der Waals surface area contributed by atoms with E-state index in [2.05, 4.69) is 25.8 Å². The maximum atomic E-state index is 12.5. The highest BCUT2D eigenvalue weighted by molar-refractivity contribution is 5.92. The third-order valence-electron chi connectivity index (χ3n) is 5.73. The first-order valence-electron chi connectivity index (χ1n) is 12.2. The standard InChI is InChI=1S/C25H33N5O8/c1-14(2)27-25(35)38-16-5-4-15(8-16)19-11-22(30-29-19)28-23(32)13-37-21-10-17(36-3)9-20(31)18(21)12-26-7-6-24(33)34/h9-12,14-16,31H,4-8,13H2,1-3H3,(H,27,35)(H,33,34)(H2,28,29,30,32). The molecule has 1 aromatic carbocycles. The number of hydrogen-bond donors (Lipinski definition) is 5. The van der Waals surface area contributed by atoms with Gasteiger partial charge in [-0.15, -0.1) is 0 Å². The molecule has 2 aromatic rings. The van der Waals surface area contributed by atoms with Gasteiger partial charge in [-0.2, -0.15) is 5.10 Å². The molecule has 3 rings (SSSR count). The minimum Gasteiger partial charge on any atom is -0.507 e. The number of carboxylic acid groups (broad SMARTS) is 1. The number of rotatable bonds is 12. The molecule has 0 spiro atoms. The molecule has 1 aliphatic rings. The second kappa shape index (κ2) is 13.3. The van der Waals surface area contributed by atoms with Crippen LogP contribution >= 0.6 is 0 Å². The number of amides is 2. The van der Waals surface area contributed by atoms with Crippen LogP contribution in [0.5, 0.6) is 17.2 Å². The van der Waals surface area contributed by atoms with Crippen LogP contribution < -0.4 is 20.1 Å². The zero-order chi connectivity index (χ0) is 27.7. The molecule has 0 aliphatic heterocycles. The number of alkyl carbamates (subject to hydrolysis) is 1. The number of hydrogen-bond acceptors (Lipinski definition) is 9. The lowest BCUT2D eigenvalue weighted by molar-refractivity contribution is -0.136. The second-order valence-corrected chi connectivity index (χ2v) is 9.12. The van der Waals surface area contributed by atoms with E-state index in [0.717, 1.165) is 18.5 Å². The Bertz CT molecular complexity index is 1160. The van der Waals surface area contributed by atoms with E-state index in [-0.39, 0.29) is 48.1 Å². The van der Waals surface area contributed by atoms with Crippen molar-refractivity contribution >= 4 is 30.0 Å². The largest absolute Gasteiger partial charge is 0.507 e. The highest BCUT2D eigenvalue weighted by Crippen LogP contribution is 2.36. The van der Waals surface area contributed by atoms with Crippen LogP contribution in [0.4, 0.5) is 10.6 Å². The van der Waals surface area contributed by atoms with Gasteiger partial charge in [-0.25, -0.2) is 4.79 Å². The fourth-order valence-corrected chi connectivity index (χ4v) is 3.95. The molecule has 1 saturated carbocycles. The monoisotopic (exact) mass is 531 g/mol. The first-order valence-corrected chi connectivity index (χ1v) is 12.2. The Kier molecular flexibility index (Phi) is 9.91. The molecule has 2 amide bonds. The van der Waals surface area contributed by atoms with E-state index in [1.165, 1.54) is 25.5 Å². The van der Waals surface area contributed by atoms with Crippen molar-refractivity contribution in [3.05, 3.63) is 29.5 Å². The summed E-state index contributed by atoms with van der Waals surface area (Å²) in [6.45, 7) is 3.35. The average Bonchev–Trinajstić information content (AvgIpc) is 3.50. The Labute approximate surface area is 219 Å². The van der Waals surface area contributed by atoms with Crippen molar-refractivity contribution in [3.8, 4) is 17.2 Å². The number of nitrogens with one attached hydrogen (secondary N) is 3. The summed E-state index contributed by atoms with van der Waals surface area (Å²) in [5.41, 5.74) is 1.01. The molecule has 2 atom stereocenters. The van der Waals surface area contributed by atoms with Crippen molar-refractivity contribution < 1.29 is 38.8 Å². The Morgan fingerprint density at radius 1 is 1.26 bits per heavy atom. The minimum absolute atomic E-state index is 0.000558. The normalized spacial score (nSPS) is 16.9. The van der Waals surface area contributed by atoms with Crippen LogP contribution in [0.15, 0.2) is 23.2 Å². The van der Waals surface area contributed by atoms with E-state index in [4.69, 9.17) is 19.3 Å². The number of nitrogens with zero attached hydrogens (tertiary/aromatic N) is 2. The van der Waals surface area contributed by atoms with Gasteiger partial charge in [0, 0.05) is 48.6 Å². The SMILES string of the molecule is COc1cc(O)c(C=NCCC(=O)O)c(OCC(=O)Nc2cc(C3CCC(OC(=O)NC(C)C)C3)[nH]n2)c1. The highest BCUT2D eigenvalue weighted by Gasteiger charge is 2.30. The predicted octanol–water partition coefficient (Wildman–Crippen LogP) is 2.81. The Hall–Kier alpha value is -4.29. The molecule has 0 bridgehead atoms. The van der Waals surface area contributed by atoms with Crippen LogP contribution in [0.2, 0.25) is 0 Å². The Morgan fingerprint density at radius 3 is 2.76 bits per heavy atom. The molecule has 13 heteroatoms. The number of H-pyrrole nitrogens is 1. The molecular weight excluding hydrogens is 498 g/mol. The lowest BCUT2D eigenvalue weighted by Crippen LogP contribution is -2.33. The average molecular weight is 532 g/mol. The van der Waals surface area contributed by atoms with Gasteiger partial charge < -0.3 is 35.1 Å². The summed E-state index contributed by atoms with van der Waals surface area (Å²) in [5.74, 6) is -0.807. The number of phenols is 1. The predicted molar refractivity (Wildman–Crippen MR) is 137 cm³/mol. The number of aliphatic imine (C=N–C) groups is 1. The number of aromatic nitrogens is 2. The summed E-state index contributed by atoms with van der Waals surface area (Å²) in [5, 5.41) is 31.5. The lowest BCUT2D eigenvalue weighted by Gasteiger charge is -2.14. The number of benzene rings is 1. The van der Waals surface area contributed by atoms with Gasteiger partial charge in [0.15, 0.2) is 12.4 Å². The first kappa shape index (κ1) is 28.3. The van der Waals surface area contributed by atoms with E-state index < -0.39 is 24.6 Å². The quantitative estimate of drug-likeness (QED) is 0.257. The summed E-state index contributed by atoms with van der Waals surface area (Å²) < 4.78 is 16.2. The number of carbonyl (C=O) groups excluding carboxylic acids is 2. The van der Waals surface area contributed by atoms with Crippen LogP contribution in [0, 0.1) is 0 Å². The van der Waals surface area contributed by atoms with Crippen molar-refractivity contribution in [1.82, 2.24) is 15.5 Å². The van der Waals surface area contributed by atoms with Gasteiger partial charge in [-0.1, -0.05) is 0 Å². The second-order valence-electron chi connectivity index (χ2n) is 9.12. The van der Waals surface area contributed by atoms with Crippen molar-refractivity contribution in [3.63, 3.8) is 0 Å². The number of methoxy groups -OCH3 is 1. The number of carboxylic acids is 1. The number of ether oxygens (including phenoxy) is 3. The third kappa shape index (κ3) is 8.39. The van der Waals surface area contributed by atoms with Crippen molar-refractivity contribution in [2.24, 2.45) is 4.99 Å². The van der Waals surface area contributed by atoms with Gasteiger partial charge in [0.05, 0.1) is 19.1 Å². The molecule has 5 N–H and O–H groups in total. The van der Waals surface area contributed by atoms with E-state index in [1.54, 1.807) is 6.07 Å². The Balaban J connectivity index is 1.55. The maximum Gasteiger partial charge on any atom is 0.407 e. The molecule has 206 valence electrons. The van der Waals surface area contributed by atoms with E-state index in [0.29, 0.717) is 18.0 Å². The lowest BCUT2D eigenvalue weighted by atomic mass is 10.0. The summed E-state index contributed by atoms with van der Waals surface area (Å²) in [6.07, 6.45) is 2.71. The summed E-state index contributed by atoms with van der Waals surface area (Å²) in [4.78, 5) is 39.0. The van der Waals surface area contributed by atoms with Gasteiger partial charge in [0.25, 0.3) is 5.91 Å². The molecule has 0 radical (unpaired) electrons. The number of aromatic amines is 1. The molecular formula is C25H33N5O8. The third-order valence-corrected chi connectivity index (χ3v) is 5.73. The Morgan fingerprint density at radius 2 is 2.05 bits per heavy atom. The van der Waals surface area contributed by atoms with E-state index >= 15 is 0 Å². The molecule has 13 nitrogen and oxygen atoms in total. The number of aromatic hydroxyl groups is 1. The van der Waals surface area contributed by atoms with Crippen LogP contribution in [0.25, 0.3) is 0 Å². The highest BCUT2D eigenvalue weighted by atomic mass is 16.6. The molecule has 1 fully saturated rings. The molecule has 1 aliphatic carbocycles. The summed E-state index contributed by atoms with van der Waals surface area (Å²) in [7, 11) is 1.42. The first-order chi connectivity index (χ1) is 18.1. The van der Waals surface area contributed by atoms with Gasteiger partial charge in [0.2, 0.25) is 0 Å². The van der Waals surface area contributed by atoms with Crippen LogP contribution in [0.3, 0.4) is 0 Å². The number of phenolic OH excluding ortho intramolecular Hbond substituents is 1. The summed E-state index contributed by atoms with van der Waals surface area (Å²) >= 11 is 0. The van der Waals surface area contributed by atoms with Gasteiger partial charge >= 0.3 is 12.1 Å². The topological polar surface area (TPSA) is 184 Å². The zero-order valence-corrected chi connectivity index (χ0v) is 21.5. The van der Waals surface area contributed by atoms with Crippen LogP contribution in [-0.4, -0.2) is 77.0 Å². The van der Waals surface area contributed by atoms with Gasteiger partial charge in [-0.3, -0.25) is 19.7 Å². The smallest absolute Gasteiger partial charge is 0.407 e. The maximum absolute atomic E-state index is 12.5. The molecule has 1 aromatic heterocycles. The molecule has 38 heavy (non-hydrogen) atoms. The van der Waals surface area contributed by atoms with Gasteiger partial charge in [-0.05, 0) is 33.1 Å². The number of carbonyl (C=O) groups is 3. The molecule has 1 heterocycles. The van der Waals surface area contributed by atoms with Crippen LogP contribution in [0.1, 0.15) is 56.7 Å². The fourth-order valence-electron chi connectivity index (χ4n) is 3.95. The van der Waals surface area contributed by atoms with Crippen molar-refractivity contribution in [2.75, 3.05) is 25.6 Å². The molecule has 0 saturated heterocycles. The van der Waals surface area contributed by atoms with E-state index in [9.17, 15) is 19.5 Å².